The molecule has 0 bridgehead atoms. The van der Waals surface area contributed by atoms with Crippen molar-refractivity contribution in [3.8, 4) is 11.3 Å². The smallest absolute Gasteiger partial charge is 0.291 e. The number of hydrogen-bond donors (Lipinski definition) is 2. The lowest BCUT2D eigenvalue weighted by molar-refractivity contribution is 0.262. The maximum Gasteiger partial charge on any atom is 0.326 e. The minimum Gasteiger partial charge on any atom is -0.291 e. The quantitative estimate of drug-likeness (QED) is 0.777. The number of carbonyl (C=O) groups excluding carboxylic acids is 1. The number of nitrogens with zero attached hydrogens (tertiary/aromatic N) is 3. The Morgan fingerprint density at radius 1 is 1.23 bits per heavy atom. The number of anilines is 2. The van der Waals surface area contributed by atoms with Gasteiger partial charge in [0.1, 0.15) is 0 Å². The summed E-state index contributed by atoms with van der Waals surface area (Å²) in [4.78, 5) is 16.1. The molecule has 2 amide bonds. The molecule has 0 saturated carbocycles. The highest BCUT2D eigenvalue weighted by atomic mass is 32.1. The summed E-state index contributed by atoms with van der Waals surface area (Å²) < 4.78 is 1.73. The second-order valence-corrected chi connectivity index (χ2v) is 5.64. The molecule has 6 nitrogen and oxygen atoms in total. The number of carbonyl (C=O) groups is 1. The van der Waals surface area contributed by atoms with Crippen molar-refractivity contribution >= 4 is 28.3 Å². The van der Waals surface area contributed by atoms with E-state index in [1.54, 1.807) is 4.68 Å². The highest BCUT2D eigenvalue weighted by molar-refractivity contribution is 7.13. The third kappa shape index (κ3) is 3.15. The number of benzene rings is 1. The van der Waals surface area contributed by atoms with E-state index in [4.69, 9.17) is 0 Å². The molecule has 0 atom stereocenters. The summed E-state index contributed by atoms with van der Waals surface area (Å²) in [6.45, 7) is 1.88. The van der Waals surface area contributed by atoms with Gasteiger partial charge in [0.2, 0.25) is 0 Å². The molecule has 2 N–H and O–H groups in total. The summed E-state index contributed by atoms with van der Waals surface area (Å²) in [5.74, 6) is 0.493. The Morgan fingerprint density at radius 3 is 2.68 bits per heavy atom. The molecule has 0 aliphatic heterocycles. The Labute approximate surface area is 131 Å². The maximum atomic E-state index is 11.9. The SMILES string of the molecule is Cc1csc(NC(=O)Nc2cc(-c3ccccc3)n(C)n2)n1. The molecule has 1 aromatic carbocycles. The van der Waals surface area contributed by atoms with Gasteiger partial charge in [0.15, 0.2) is 10.9 Å². The number of nitrogens with one attached hydrogen (secondary N) is 2. The summed E-state index contributed by atoms with van der Waals surface area (Å²) >= 11 is 1.38. The lowest BCUT2D eigenvalue weighted by Crippen LogP contribution is -2.19. The van der Waals surface area contributed by atoms with Gasteiger partial charge in [-0.05, 0) is 12.5 Å². The molecule has 0 radical (unpaired) electrons. The van der Waals surface area contributed by atoms with Gasteiger partial charge in [-0.15, -0.1) is 11.3 Å². The van der Waals surface area contributed by atoms with Crippen molar-refractivity contribution in [3.05, 3.63) is 47.5 Å². The van der Waals surface area contributed by atoms with Crippen LogP contribution in [0.1, 0.15) is 5.69 Å². The van der Waals surface area contributed by atoms with Crippen molar-refractivity contribution in [2.45, 2.75) is 6.92 Å². The average Bonchev–Trinajstić information content (AvgIpc) is 3.05. The molecule has 112 valence electrons. The monoisotopic (exact) mass is 313 g/mol. The number of urea groups is 1. The predicted molar refractivity (Wildman–Crippen MR) is 88.1 cm³/mol. The fourth-order valence-electron chi connectivity index (χ4n) is 2.06. The molecular weight excluding hydrogens is 298 g/mol. The van der Waals surface area contributed by atoms with Gasteiger partial charge in [0.05, 0.1) is 11.4 Å². The first-order chi connectivity index (χ1) is 10.6. The van der Waals surface area contributed by atoms with Crippen LogP contribution in [0.3, 0.4) is 0 Å². The van der Waals surface area contributed by atoms with E-state index in [-0.39, 0.29) is 6.03 Å². The molecule has 22 heavy (non-hydrogen) atoms. The van der Waals surface area contributed by atoms with Gasteiger partial charge in [0, 0.05) is 18.5 Å². The number of amides is 2. The van der Waals surface area contributed by atoms with Gasteiger partial charge in [-0.1, -0.05) is 30.3 Å². The Bertz CT molecular complexity index is 793. The second kappa shape index (κ2) is 5.98. The van der Waals surface area contributed by atoms with Crippen LogP contribution in [0.15, 0.2) is 41.8 Å². The maximum absolute atomic E-state index is 11.9. The molecule has 0 spiro atoms. The fraction of sp³-hybridized carbons (Fsp3) is 0.133. The van der Waals surface area contributed by atoms with Crippen LogP contribution in [-0.2, 0) is 7.05 Å². The van der Waals surface area contributed by atoms with Crippen LogP contribution in [0.4, 0.5) is 15.7 Å². The van der Waals surface area contributed by atoms with Gasteiger partial charge in [-0.3, -0.25) is 15.3 Å². The first kappa shape index (κ1) is 14.3. The third-order valence-corrected chi connectivity index (χ3v) is 3.91. The number of aromatic nitrogens is 3. The van der Waals surface area contributed by atoms with Gasteiger partial charge in [0.25, 0.3) is 0 Å². The molecule has 0 unspecified atom stereocenters. The molecule has 3 aromatic rings. The normalized spacial score (nSPS) is 10.5. The van der Waals surface area contributed by atoms with E-state index in [1.165, 1.54) is 11.3 Å². The Hall–Kier alpha value is -2.67. The van der Waals surface area contributed by atoms with E-state index in [2.05, 4.69) is 20.7 Å². The summed E-state index contributed by atoms with van der Waals surface area (Å²) in [5, 5.41) is 12.1. The van der Waals surface area contributed by atoms with E-state index in [1.807, 2.05) is 55.7 Å². The van der Waals surface area contributed by atoms with Crippen LogP contribution >= 0.6 is 11.3 Å². The zero-order chi connectivity index (χ0) is 15.5. The van der Waals surface area contributed by atoms with Crippen molar-refractivity contribution in [2.24, 2.45) is 7.05 Å². The highest BCUT2D eigenvalue weighted by Gasteiger charge is 2.11. The zero-order valence-electron chi connectivity index (χ0n) is 12.2. The van der Waals surface area contributed by atoms with Crippen molar-refractivity contribution in [3.63, 3.8) is 0 Å². The standard InChI is InChI=1S/C15H15N5OS/c1-10-9-22-15(16-10)18-14(21)17-13-8-12(20(2)19-13)11-6-4-3-5-7-11/h3-9H,1-2H3,(H2,16,17,18,19,21). The summed E-state index contributed by atoms with van der Waals surface area (Å²) in [5.41, 5.74) is 2.85. The summed E-state index contributed by atoms with van der Waals surface area (Å²) in [6.07, 6.45) is 0. The predicted octanol–water partition coefficient (Wildman–Crippen LogP) is 3.50. The molecule has 0 fully saturated rings. The van der Waals surface area contributed by atoms with Gasteiger partial charge < -0.3 is 0 Å². The van der Waals surface area contributed by atoms with Gasteiger partial charge in [-0.25, -0.2) is 9.78 Å². The Kier molecular flexibility index (Phi) is 3.88. The second-order valence-electron chi connectivity index (χ2n) is 4.78. The number of hydrogen-bond acceptors (Lipinski definition) is 4. The first-order valence-electron chi connectivity index (χ1n) is 6.71. The summed E-state index contributed by atoms with van der Waals surface area (Å²) in [7, 11) is 1.84. The van der Waals surface area contributed by atoms with Gasteiger partial charge in [-0.2, -0.15) is 5.10 Å². The van der Waals surface area contributed by atoms with E-state index < -0.39 is 0 Å². The van der Waals surface area contributed by atoms with Crippen molar-refractivity contribution < 1.29 is 4.79 Å². The highest BCUT2D eigenvalue weighted by Crippen LogP contribution is 2.22. The van der Waals surface area contributed by atoms with Crippen molar-refractivity contribution in [1.82, 2.24) is 14.8 Å². The van der Waals surface area contributed by atoms with E-state index in [9.17, 15) is 4.79 Å². The number of thiazole rings is 1. The third-order valence-electron chi connectivity index (χ3n) is 3.03. The molecule has 2 heterocycles. The molecule has 3 rings (SSSR count). The van der Waals surface area contributed by atoms with Crippen LogP contribution in [0.2, 0.25) is 0 Å². The van der Waals surface area contributed by atoms with Crippen molar-refractivity contribution in [2.75, 3.05) is 10.6 Å². The Balaban J connectivity index is 1.72. The number of rotatable bonds is 3. The van der Waals surface area contributed by atoms with Crippen LogP contribution in [0, 0.1) is 6.92 Å². The minimum absolute atomic E-state index is 0.355. The van der Waals surface area contributed by atoms with Gasteiger partial charge >= 0.3 is 6.03 Å². The van der Waals surface area contributed by atoms with E-state index in [0.29, 0.717) is 10.9 Å². The van der Waals surface area contributed by atoms with Crippen molar-refractivity contribution in [1.29, 1.82) is 0 Å². The molecule has 0 aliphatic rings. The molecular formula is C15H15N5OS. The molecule has 7 heteroatoms. The summed E-state index contributed by atoms with van der Waals surface area (Å²) in [6, 6.07) is 11.4. The molecule has 0 aliphatic carbocycles. The number of aryl methyl sites for hydroxylation is 2. The average molecular weight is 313 g/mol. The lowest BCUT2D eigenvalue weighted by Gasteiger charge is -2.01. The first-order valence-corrected chi connectivity index (χ1v) is 7.59. The Morgan fingerprint density at radius 2 is 2.00 bits per heavy atom. The topological polar surface area (TPSA) is 71.8 Å². The van der Waals surface area contributed by atoms with Crippen LogP contribution in [0.5, 0.6) is 0 Å². The largest absolute Gasteiger partial charge is 0.326 e. The zero-order valence-corrected chi connectivity index (χ0v) is 13.0. The van der Waals surface area contributed by atoms with E-state index >= 15 is 0 Å². The fourth-order valence-corrected chi connectivity index (χ4v) is 2.75. The van der Waals surface area contributed by atoms with E-state index in [0.717, 1.165) is 17.0 Å². The lowest BCUT2D eigenvalue weighted by atomic mass is 10.1. The van der Waals surface area contributed by atoms with Crippen LogP contribution in [-0.4, -0.2) is 20.8 Å². The minimum atomic E-state index is -0.355. The van der Waals surface area contributed by atoms with Crippen LogP contribution in [0.25, 0.3) is 11.3 Å². The molecule has 0 saturated heterocycles. The molecule has 2 aromatic heterocycles. The van der Waals surface area contributed by atoms with Crippen LogP contribution < -0.4 is 10.6 Å².